The van der Waals surface area contributed by atoms with E-state index in [1.165, 1.54) is 18.4 Å². The molecular weight excluding hydrogens is 468 g/mol. The number of thiophene rings is 1. The fourth-order valence-electron chi connectivity index (χ4n) is 4.26. The lowest BCUT2D eigenvalue weighted by molar-refractivity contribution is -0.144. The zero-order chi connectivity index (χ0) is 24.8. The van der Waals surface area contributed by atoms with Gasteiger partial charge >= 0.3 is 12.1 Å². The number of amides is 2. The average Bonchev–Trinajstić information content (AvgIpc) is 3.50. The molecular formula is C26H26N2O6S. The van der Waals surface area contributed by atoms with Gasteiger partial charge in [0.1, 0.15) is 12.7 Å². The van der Waals surface area contributed by atoms with E-state index in [0.717, 1.165) is 22.3 Å². The highest BCUT2D eigenvalue weighted by Crippen LogP contribution is 2.44. The van der Waals surface area contributed by atoms with Gasteiger partial charge in [-0.2, -0.15) is 0 Å². The van der Waals surface area contributed by atoms with E-state index in [1.54, 1.807) is 17.5 Å². The van der Waals surface area contributed by atoms with Gasteiger partial charge < -0.3 is 25.2 Å². The monoisotopic (exact) mass is 494 g/mol. The molecule has 1 aromatic heterocycles. The Kier molecular flexibility index (Phi) is 7.79. The fourth-order valence-corrected chi connectivity index (χ4v) is 5.02. The van der Waals surface area contributed by atoms with Gasteiger partial charge in [-0.15, -0.1) is 11.3 Å². The Morgan fingerprint density at radius 3 is 2.23 bits per heavy atom. The number of ether oxygens (including phenoxy) is 2. The molecule has 2 aromatic carbocycles. The van der Waals surface area contributed by atoms with Gasteiger partial charge in [0.25, 0.3) is 0 Å². The van der Waals surface area contributed by atoms with E-state index >= 15 is 0 Å². The number of rotatable bonds is 10. The Hall–Kier alpha value is -3.69. The highest BCUT2D eigenvalue weighted by molar-refractivity contribution is 7.10. The van der Waals surface area contributed by atoms with Crippen LogP contribution in [0.5, 0.6) is 0 Å². The predicted octanol–water partition coefficient (Wildman–Crippen LogP) is 3.93. The molecule has 9 heteroatoms. The maximum atomic E-state index is 12.6. The van der Waals surface area contributed by atoms with Gasteiger partial charge in [-0.1, -0.05) is 54.6 Å². The van der Waals surface area contributed by atoms with Crippen LogP contribution in [0.4, 0.5) is 4.79 Å². The number of fused-ring (bicyclic) bond motifs is 3. The largest absolute Gasteiger partial charge is 0.479 e. The molecule has 2 unspecified atom stereocenters. The summed E-state index contributed by atoms with van der Waals surface area (Å²) in [4.78, 5) is 37.0. The van der Waals surface area contributed by atoms with Gasteiger partial charge in [0, 0.05) is 30.9 Å². The SMILES string of the molecule is COC(CCNC(=O)OCC1c2ccccc2-c2ccccc21)C(=O)NC(C(=O)O)c1cccs1. The van der Waals surface area contributed by atoms with E-state index in [2.05, 4.69) is 22.8 Å². The number of alkyl carbamates (subject to hydrolysis) is 1. The Morgan fingerprint density at radius 1 is 1.00 bits per heavy atom. The number of carbonyl (C=O) groups is 3. The summed E-state index contributed by atoms with van der Waals surface area (Å²) in [7, 11) is 1.36. The summed E-state index contributed by atoms with van der Waals surface area (Å²) in [5, 5.41) is 16.3. The summed E-state index contributed by atoms with van der Waals surface area (Å²) in [6.07, 6.45) is -1.36. The number of methoxy groups -OCH3 is 1. The van der Waals surface area contributed by atoms with Crippen molar-refractivity contribution in [2.45, 2.75) is 24.5 Å². The molecule has 0 aliphatic heterocycles. The molecule has 35 heavy (non-hydrogen) atoms. The third-order valence-corrected chi connectivity index (χ3v) is 6.89. The number of nitrogens with one attached hydrogen (secondary N) is 2. The van der Waals surface area contributed by atoms with Gasteiger partial charge in [0.15, 0.2) is 6.04 Å². The number of benzene rings is 2. The molecule has 182 valence electrons. The van der Waals surface area contributed by atoms with Crippen LogP contribution in [0, 0.1) is 0 Å². The van der Waals surface area contributed by atoms with E-state index in [0.29, 0.717) is 4.88 Å². The topological polar surface area (TPSA) is 114 Å². The molecule has 4 rings (SSSR count). The summed E-state index contributed by atoms with van der Waals surface area (Å²) in [5.74, 6) is -1.77. The number of carbonyl (C=O) groups excluding carboxylic acids is 2. The van der Waals surface area contributed by atoms with Gasteiger partial charge in [0.2, 0.25) is 5.91 Å². The second kappa shape index (κ2) is 11.2. The lowest BCUT2D eigenvalue weighted by Gasteiger charge is -2.19. The van der Waals surface area contributed by atoms with E-state index in [4.69, 9.17) is 9.47 Å². The maximum absolute atomic E-state index is 12.6. The highest BCUT2D eigenvalue weighted by Gasteiger charge is 2.29. The van der Waals surface area contributed by atoms with E-state index in [-0.39, 0.29) is 25.5 Å². The predicted molar refractivity (Wildman–Crippen MR) is 131 cm³/mol. The van der Waals surface area contributed by atoms with Crippen molar-refractivity contribution in [2.75, 3.05) is 20.3 Å². The second-order valence-corrected chi connectivity index (χ2v) is 9.04. The minimum absolute atomic E-state index is 0.0455. The lowest BCUT2D eigenvalue weighted by Crippen LogP contribution is -2.42. The molecule has 3 aromatic rings. The first-order chi connectivity index (χ1) is 17.0. The standard InChI is InChI=1S/C26H26N2O6S/c1-33-21(24(29)28-23(25(30)31)22-11-6-14-35-22)12-13-27-26(32)34-15-20-18-9-4-2-7-16(18)17-8-3-5-10-19(17)20/h2-11,14,20-21,23H,12-13,15H2,1H3,(H,27,32)(H,28,29)(H,30,31). The zero-order valence-corrected chi connectivity index (χ0v) is 19.9. The fraction of sp³-hybridized carbons (Fsp3) is 0.269. The van der Waals surface area contributed by atoms with E-state index < -0.39 is 30.1 Å². The summed E-state index contributed by atoms with van der Waals surface area (Å²) in [5.41, 5.74) is 4.54. The zero-order valence-electron chi connectivity index (χ0n) is 19.1. The Balaban J connectivity index is 1.27. The molecule has 8 nitrogen and oxygen atoms in total. The van der Waals surface area contributed by atoms with Crippen LogP contribution in [0.3, 0.4) is 0 Å². The molecule has 1 aliphatic carbocycles. The molecule has 1 heterocycles. The molecule has 3 N–H and O–H groups in total. The molecule has 0 bridgehead atoms. The van der Waals surface area contributed by atoms with Crippen LogP contribution in [-0.2, 0) is 19.1 Å². The summed E-state index contributed by atoms with van der Waals surface area (Å²) in [6, 6.07) is 18.4. The van der Waals surface area contributed by atoms with Crippen molar-refractivity contribution in [1.82, 2.24) is 10.6 Å². The van der Waals surface area contributed by atoms with Crippen molar-refractivity contribution in [3.8, 4) is 11.1 Å². The number of hydrogen-bond acceptors (Lipinski definition) is 6. The molecule has 0 radical (unpaired) electrons. The molecule has 0 spiro atoms. The van der Waals surface area contributed by atoms with Crippen LogP contribution in [0.15, 0.2) is 66.0 Å². The van der Waals surface area contributed by atoms with Gasteiger partial charge in [0.05, 0.1) is 0 Å². The third kappa shape index (κ3) is 5.52. The van der Waals surface area contributed by atoms with Crippen molar-refractivity contribution in [1.29, 1.82) is 0 Å². The third-order valence-electron chi connectivity index (χ3n) is 5.96. The minimum Gasteiger partial charge on any atom is -0.479 e. The Labute approximate surface area is 206 Å². The molecule has 0 saturated heterocycles. The highest BCUT2D eigenvalue weighted by atomic mass is 32.1. The Bertz CT molecular complexity index is 1150. The maximum Gasteiger partial charge on any atom is 0.407 e. The van der Waals surface area contributed by atoms with Crippen molar-refractivity contribution in [2.24, 2.45) is 0 Å². The van der Waals surface area contributed by atoms with Gasteiger partial charge in [-0.25, -0.2) is 9.59 Å². The molecule has 0 saturated carbocycles. The van der Waals surface area contributed by atoms with Gasteiger partial charge in [-0.05, 0) is 33.7 Å². The lowest BCUT2D eigenvalue weighted by atomic mass is 9.98. The van der Waals surface area contributed by atoms with Crippen LogP contribution < -0.4 is 10.6 Å². The molecule has 2 atom stereocenters. The van der Waals surface area contributed by atoms with Crippen LogP contribution in [-0.4, -0.2) is 49.4 Å². The van der Waals surface area contributed by atoms with Crippen molar-refractivity contribution >= 4 is 29.3 Å². The molecule has 2 amide bonds. The normalized spacial score (nSPS) is 13.9. The summed E-state index contributed by atoms with van der Waals surface area (Å²) >= 11 is 1.24. The first kappa shape index (κ1) is 24.4. The quantitative estimate of drug-likeness (QED) is 0.394. The minimum atomic E-state index is -1.16. The first-order valence-corrected chi connectivity index (χ1v) is 12.1. The first-order valence-electron chi connectivity index (χ1n) is 11.2. The van der Waals surface area contributed by atoms with Crippen LogP contribution in [0.25, 0.3) is 11.1 Å². The Morgan fingerprint density at radius 2 is 1.66 bits per heavy atom. The van der Waals surface area contributed by atoms with Crippen LogP contribution in [0.2, 0.25) is 0 Å². The molecule has 0 fully saturated rings. The van der Waals surface area contributed by atoms with Crippen LogP contribution in [0.1, 0.15) is 34.4 Å². The van der Waals surface area contributed by atoms with Gasteiger partial charge in [-0.3, -0.25) is 4.79 Å². The number of carboxylic acids is 1. The smallest absolute Gasteiger partial charge is 0.407 e. The average molecular weight is 495 g/mol. The van der Waals surface area contributed by atoms with E-state index in [1.807, 2.05) is 36.4 Å². The van der Waals surface area contributed by atoms with Crippen molar-refractivity contribution < 1.29 is 29.0 Å². The number of carboxylic acid groups (broad SMARTS) is 1. The molecule has 1 aliphatic rings. The van der Waals surface area contributed by atoms with Crippen molar-refractivity contribution in [3.63, 3.8) is 0 Å². The summed E-state index contributed by atoms with van der Waals surface area (Å²) in [6.45, 7) is 0.314. The second-order valence-electron chi connectivity index (χ2n) is 8.06. The van der Waals surface area contributed by atoms with Crippen LogP contribution >= 0.6 is 11.3 Å². The van der Waals surface area contributed by atoms with E-state index in [9.17, 15) is 19.5 Å². The number of hydrogen-bond donors (Lipinski definition) is 3. The van der Waals surface area contributed by atoms with Crippen molar-refractivity contribution in [3.05, 3.63) is 82.0 Å². The summed E-state index contributed by atoms with van der Waals surface area (Å²) < 4.78 is 10.7. The number of aliphatic carboxylic acids is 1.